The van der Waals surface area contributed by atoms with Crippen molar-refractivity contribution in [2.24, 2.45) is 11.5 Å². The van der Waals surface area contributed by atoms with E-state index in [1.807, 2.05) is 53.7 Å². The highest BCUT2D eigenvalue weighted by atomic mass is 35.5. The third-order valence-corrected chi connectivity index (χ3v) is 14.1. The Hall–Kier alpha value is -11.2. The molecule has 6 aromatic carbocycles. The SMILES string of the molecule is CC(C)Oc1ccc(C(=O)N[C@@H](CC#N)C(=O)O)cc1Cl.CC(C)Oc1ccc(C(=O)Oc2c(F)c(F)c(F)c(F)c2F)cc1Cl.CNC(=O)[C@H](C/C(N)=C/O)NC(=O)c1ccc(OC(C)C)c(Cl)c1.CNC(=O)[C@H](CC#N)NC(=O)c1ccc(OC(C)C)c(Cl)c1.N#CC[C@H](N)C(=O)O.O=C(Cl)c1ccccc1. The van der Waals surface area contributed by atoms with E-state index >= 15 is 0 Å². The first-order chi connectivity index (χ1) is 51.1. The number of aliphatic hydroxyl groups excluding tert-OH is 1. The van der Waals surface area contributed by atoms with Gasteiger partial charge in [-0.3, -0.25) is 33.6 Å². The zero-order valence-corrected chi connectivity index (χ0v) is 63.5. The molecule has 37 heteroatoms. The maximum absolute atomic E-state index is 13.5. The second-order valence-electron chi connectivity index (χ2n) is 22.8. The number of nitrogens with two attached hydrogens (primary N) is 2. The molecule has 27 nitrogen and oxygen atoms in total. The van der Waals surface area contributed by atoms with Crippen molar-refractivity contribution in [1.29, 1.82) is 15.8 Å². The summed E-state index contributed by atoms with van der Waals surface area (Å²) in [6.45, 7) is 14.6. The Morgan fingerprint density at radius 3 is 1.09 bits per heavy atom. The number of nitriles is 3. The number of carbonyl (C=O) groups is 9. The Kier molecular flexibility index (Phi) is 43.0. The summed E-state index contributed by atoms with van der Waals surface area (Å²) in [4.78, 5) is 103. The molecule has 0 unspecified atom stereocenters. The second kappa shape index (κ2) is 48.9. The van der Waals surface area contributed by atoms with Crippen LogP contribution >= 0.6 is 58.0 Å². The molecule has 0 aliphatic rings. The average Bonchev–Trinajstić information content (AvgIpc) is 0.793. The number of hydrogen-bond donors (Lipinski definition) is 10. The van der Waals surface area contributed by atoms with E-state index in [1.54, 1.807) is 74.5 Å². The molecule has 0 bridgehead atoms. The normalized spacial score (nSPS) is 11.4. The highest BCUT2D eigenvalue weighted by molar-refractivity contribution is 6.67. The van der Waals surface area contributed by atoms with Gasteiger partial charge in [-0.15, -0.1) is 0 Å². The molecule has 0 radical (unpaired) electrons. The van der Waals surface area contributed by atoms with E-state index in [0.717, 1.165) is 12.1 Å². The summed E-state index contributed by atoms with van der Waals surface area (Å²) in [6.07, 6.45) is -0.246. The number of nitrogens with one attached hydrogen (secondary N) is 5. The number of aliphatic hydroxyl groups is 1. The monoisotopic (exact) mass is 1620 g/mol. The van der Waals surface area contributed by atoms with E-state index in [9.17, 15) is 65.1 Å². The Labute approximate surface area is 648 Å². The first kappa shape index (κ1) is 95.8. The number of carboxylic acids is 2. The lowest BCUT2D eigenvalue weighted by Crippen LogP contribution is -2.46. The standard InChI is InChI=1S/C16H10ClF5O3.C16H22ClN3O4.C15H18ClN3O3.C14H15ClN2O4.C7H5ClO.C4H6N2O2/c1-6(2)24-9-4-3-7(5-8(9)17)16(23)25-15-13(21)11(19)10(18)12(20)14(15)22;1-9(2)24-14-5-4-10(6-12(14)17)15(22)20-13(16(23)19-3)7-11(18)8-21;1-9(2)22-13-5-4-10(8-11(13)16)14(20)19-12(6-7-17)15(21)18-3;1-8(2)21-12-4-3-9(7-10(12)15)13(18)17-11(5-6-16)14(19)20;8-7(9)6-4-2-1-3-5-6;5-2-1-3(6)4(7)8/h3-6H,1-2H3;4-6,8-9,13,21H,7,18H2,1-3H3,(H,19,23)(H,20,22);4-5,8-9,12H,6H2,1-3H3,(H,18,21)(H,19,20);3-4,7-8,11H,5H2,1-2H3,(H,17,18)(H,19,20);1-5H;3H,1,6H2,(H,7,8)/b;11-8-;;;;/t;13-;12-;11-;;3-/m.000.0/s1. The van der Waals surface area contributed by atoms with Gasteiger partial charge in [0.2, 0.25) is 46.6 Å². The van der Waals surface area contributed by atoms with Crippen LogP contribution in [0.4, 0.5) is 22.0 Å². The number of carboxylic acid groups (broad SMARTS) is 2. The fraction of sp³-hybridized carbons (Fsp3) is 0.306. The van der Waals surface area contributed by atoms with Crippen LogP contribution in [-0.2, 0) is 19.2 Å². The van der Waals surface area contributed by atoms with E-state index in [2.05, 4.69) is 31.3 Å². The molecule has 0 heterocycles. The Bertz CT molecular complexity index is 4290. The van der Waals surface area contributed by atoms with Crippen molar-refractivity contribution in [2.45, 2.75) is 130 Å². The predicted octanol–water partition coefficient (Wildman–Crippen LogP) is 12.2. The minimum Gasteiger partial charge on any atom is -0.514 e. The van der Waals surface area contributed by atoms with Gasteiger partial charge in [0.15, 0.2) is 0 Å². The molecule has 0 aromatic heterocycles. The minimum absolute atomic E-state index is 0.000520. The van der Waals surface area contributed by atoms with E-state index in [4.69, 9.17) is 120 Å². The summed E-state index contributed by atoms with van der Waals surface area (Å²) < 4.78 is 92.3. The van der Waals surface area contributed by atoms with Crippen molar-refractivity contribution in [2.75, 3.05) is 14.1 Å². The summed E-state index contributed by atoms with van der Waals surface area (Å²) in [6, 6.07) is 27.0. The Morgan fingerprint density at radius 2 is 0.798 bits per heavy atom. The van der Waals surface area contributed by atoms with E-state index in [-0.39, 0.29) is 93.8 Å². The van der Waals surface area contributed by atoms with Gasteiger partial charge in [-0.1, -0.05) is 76.7 Å². The lowest BCUT2D eigenvalue weighted by atomic mass is 10.1. The molecule has 5 amide bonds. The molecule has 0 saturated carbocycles. The fourth-order valence-corrected chi connectivity index (χ4v) is 8.72. The van der Waals surface area contributed by atoms with Crippen LogP contribution in [-0.4, -0.2) is 131 Å². The van der Waals surface area contributed by atoms with E-state index in [0.29, 0.717) is 39.1 Å². The number of esters is 1. The van der Waals surface area contributed by atoms with Crippen LogP contribution < -0.4 is 61.7 Å². The topological polar surface area (TPSA) is 444 Å². The predicted molar refractivity (Wildman–Crippen MR) is 392 cm³/mol. The van der Waals surface area contributed by atoms with Crippen LogP contribution in [0.25, 0.3) is 0 Å². The number of likely N-dealkylation sites (N-methyl/N-ethyl adjacent to an activating group) is 2. The summed E-state index contributed by atoms with van der Waals surface area (Å²) in [7, 11) is 2.88. The van der Waals surface area contributed by atoms with E-state index < -0.39 is 112 Å². The van der Waals surface area contributed by atoms with Crippen LogP contribution in [0.3, 0.4) is 0 Å². The highest BCUT2D eigenvalue weighted by Gasteiger charge is 2.30. The summed E-state index contributed by atoms with van der Waals surface area (Å²) in [5, 5.41) is 63.5. The molecular formula is C72H76Cl5F5N10O17. The van der Waals surface area contributed by atoms with Crippen molar-refractivity contribution in [3.05, 3.63) is 192 Å². The zero-order valence-electron chi connectivity index (χ0n) is 59.7. The van der Waals surface area contributed by atoms with Gasteiger partial charge in [-0.05, 0) is 140 Å². The molecule has 109 heavy (non-hydrogen) atoms. The van der Waals surface area contributed by atoms with Crippen LogP contribution in [0.1, 0.15) is 133 Å². The van der Waals surface area contributed by atoms with E-state index in [1.165, 1.54) is 50.5 Å². The third kappa shape index (κ3) is 34.1. The Balaban J connectivity index is 0.000000677. The molecule has 6 rings (SSSR count). The number of nitrogens with zero attached hydrogens (tertiary/aromatic N) is 3. The number of rotatable bonds is 26. The number of amides is 5. The maximum Gasteiger partial charge on any atom is 0.343 e. The molecule has 0 fully saturated rings. The van der Waals surface area contributed by atoms with Crippen molar-refractivity contribution >= 4 is 111 Å². The molecule has 0 aliphatic heterocycles. The van der Waals surface area contributed by atoms with Crippen LogP contribution in [0, 0.1) is 63.1 Å². The number of halogens is 10. The Morgan fingerprint density at radius 1 is 0.477 bits per heavy atom. The number of carbonyl (C=O) groups excluding carboxylic acids is 7. The first-order valence-electron chi connectivity index (χ1n) is 31.7. The van der Waals surface area contributed by atoms with Crippen LogP contribution in [0.2, 0.25) is 20.1 Å². The molecule has 4 atom stereocenters. The number of benzene rings is 6. The molecule has 0 saturated heterocycles. The van der Waals surface area contributed by atoms with Gasteiger partial charge in [0, 0.05) is 48.5 Å². The minimum atomic E-state index is -2.35. The highest BCUT2D eigenvalue weighted by Crippen LogP contribution is 2.33. The lowest BCUT2D eigenvalue weighted by Gasteiger charge is -2.18. The molecule has 0 spiro atoms. The molecular weight excluding hydrogens is 1550 g/mol. The largest absolute Gasteiger partial charge is 0.514 e. The quantitative estimate of drug-likeness (QED) is 0.00458. The van der Waals surface area contributed by atoms with Crippen LogP contribution in [0.15, 0.2) is 115 Å². The maximum atomic E-state index is 13.5. The first-order valence-corrected chi connectivity index (χ1v) is 33.6. The second-order valence-corrected chi connectivity index (χ2v) is 24.7. The number of ether oxygens (including phenoxy) is 5. The van der Waals surface area contributed by atoms with Crippen molar-refractivity contribution in [3.63, 3.8) is 0 Å². The van der Waals surface area contributed by atoms with Crippen molar-refractivity contribution in [1.82, 2.24) is 26.6 Å². The van der Waals surface area contributed by atoms with Crippen molar-refractivity contribution in [3.8, 4) is 47.0 Å². The molecule has 12 N–H and O–H groups in total. The fourth-order valence-electron chi connectivity index (χ4n) is 7.70. The van der Waals surface area contributed by atoms with Gasteiger partial charge >= 0.3 is 17.9 Å². The third-order valence-electron chi connectivity index (χ3n) is 12.7. The van der Waals surface area contributed by atoms with Gasteiger partial charge < -0.3 is 77.1 Å². The molecule has 0 aliphatic carbocycles. The average molecular weight is 1630 g/mol. The summed E-state index contributed by atoms with van der Waals surface area (Å²) in [5.41, 5.74) is 11.5. The molecule has 586 valence electrons. The number of hydrogen-bond acceptors (Lipinski definition) is 20. The van der Waals surface area contributed by atoms with Gasteiger partial charge in [-0.25, -0.2) is 22.8 Å². The van der Waals surface area contributed by atoms with Crippen LogP contribution in [0.5, 0.6) is 28.7 Å². The number of aliphatic carboxylic acids is 2. The van der Waals surface area contributed by atoms with Gasteiger partial charge in [0.05, 0.1) is 93.8 Å². The van der Waals surface area contributed by atoms with Gasteiger partial charge in [-0.2, -0.15) is 24.6 Å². The zero-order chi connectivity index (χ0) is 83.1. The van der Waals surface area contributed by atoms with Gasteiger partial charge in [0.1, 0.15) is 47.2 Å². The summed E-state index contributed by atoms with van der Waals surface area (Å²) in [5.74, 6) is -17.6. The van der Waals surface area contributed by atoms with Gasteiger partial charge in [0.25, 0.3) is 23.0 Å². The summed E-state index contributed by atoms with van der Waals surface area (Å²) >= 11 is 29.2. The lowest BCUT2D eigenvalue weighted by molar-refractivity contribution is -0.139. The smallest absolute Gasteiger partial charge is 0.343 e. The molecule has 6 aromatic rings. The van der Waals surface area contributed by atoms with Crippen molar-refractivity contribution < 1.29 is 104 Å².